The molecule has 0 aliphatic heterocycles. The minimum absolute atomic E-state index is 0.0343. The summed E-state index contributed by atoms with van der Waals surface area (Å²) in [7, 11) is 17.1. The van der Waals surface area contributed by atoms with Crippen LogP contribution in [0.4, 0.5) is 39.8 Å². The first kappa shape index (κ1) is 63.8. The fourth-order valence-electron chi connectivity index (χ4n) is 9.61. The molecule has 0 atom stereocenters. The lowest BCUT2D eigenvalue weighted by atomic mass is 10.2. The Morgan fingerprint density at radius 1 is 0.348 bits per heavy atom. The molecule has 8 heterocycles. The van der Waals surface area contributed by atoms with Gasteiger partial charge in [0.25, 0.3) is 47.3 Å². The van der Waals surface area contributed by atoms with Gasteiger partial charge in [-0.05, 0) is 75.9 Å². The Kier molecular flexibility index (Phi) is 20.0. The quantitative estimate of drug-likeness (QED) is 0.0348. The van der Waals surface area contributed by atoms with E-state index >= 15 is 0 Å². The Bertz CT molecular complexity index is 4020. The van der Waals surface area contributed by atoms with Crippen molar-refractivity contribution < 1.29 is 47.9 Å². The van der Waals surface area contributed by atoms with Gasteiger partial charge >= 0.3 is 0 Å². The van der Waals surface area contributed by atoms with E-state index in [-0.39, 0.29) is 89.8 Å². The van der Waals surface area contributed by atoms with Crippen LogP contribution in [-0.4, -0.2) is 146 Å². The lowest BCUT2D eigenvalue weighted by Crippen LogP contribution is -2.32. The van der Waals surface area contributed by atoms with Gasteiger partial charge in [0.15, 0.2) is 5.82 Å². The van der Waals surface area contributed by atoms with Crippen LogP contribution in [0.25, 0.3) is 0 Å². The summed E-state index contributed by atoms with van der Waals surface area (Å²) in [5, 5.41) is 27.8. The maximum absolute atomic E-state index is 13.5. The number of hydrogen-bond acceptors (Lipinski definition) is 12. The van der Waals surface area contributed by atoms with Crippen molar-refractivity contribution in [1.82, 2.24) is 62.4 Å². The van der Waals surface area contributed by atoms with E-state index in [1.165, 1.54) is 66.9 Å². The molecule has 10 amide bonds. The lowest BCUT2D eigenvalue weighted by Gasteiger charge is -2.10. The van der Waals surface area contributed by atoms with E-state index in [9.17, 15) is 47.9 Å². The van der Waals surface area contributed by atoms with E-state index < -0.39 is 47.3 Å². The SMILES string of the molecule is CN(C)CCCNC(=O)CCNC(=O)c1cc(NC(=O)c2cc(NC(=O)c3cc(NC(=O)c4cc(NC(=O)CCCNC(=O)c5cc(NC(=O)c6cc(NC(=O)c7cc(NC(=O)c8nccn8C)cn7C)cn6C)cn5C)cn4C)cn3C)cn2C)cn1C. The molecule has 30 heteroatoms. The van der Waals surface area contributed by atoms with Gasteiger partial charge in [0.2, 0.25) is 11.8 Å². The number of nitrogens with zero attached hydrogens (tertiary/aromatic N) is 10. The summed E-state index contributed by atoms with van der Waals surface area (Å²) in [6.45, 7) is 1.67. The molecule has 10 N–H and O–H groups in total. The molecule has 0 bridgehead atoms. The van der Waals surface area contributed by atoms with Gasteiger partial charge in [-0.2, -0.15) is 0 Å². The first-order chi connectivity index (χ1) is 42.3. The van der Waals surface area contributed by atoms with Crippen molar-refractivity contribution in [3.05, 3.63) is 144 Å². The molecule has 8 aromatic rings. The second-order valence-electron chi connectivity index (χ2n) is 21.6. The molecule has 0 aliphatic carbocycles. The minimum Gasteiger partial charge on any atom is -0.356 e. The van der Waals surface area contributed by atoms with Crippen LogP contribution in [0.3, 0.4) is 0 Å². The van der Waals surface area contributed by atoms with Crippen LogP contribution >= 0.6 is 0 Å². The van der Waals surface area contributed by atoms with Crippen molar-refractivity contribution in [2.45, 2.75) is 25.7 Å². The summed E-state index contributed by atoms with van der Waals surface area (Å²) in [5.74, 6) is -4.15. The summed E-state index contributed by atoms with van der Waals surface area (Å²) in [4.78, 5) is 137. The van der Waals surface area contributed by atoms with Crippen LogP contribution in [0.2, 0.25) is 0 Å². The fourth-order valence-corrected chi connectivity index (χ4v) is 9.61. The van der Waals surface area contributed by atoms with E-state index in [1.807, 2.05) is 19.0 Å². The largest absolute Gasteiger partial charge is 0.356 e. The van der Waals surface area contributed by atoms with Gasteiger partial charge in [-0.1, -0.05) is 0 Å². The maximum atomic E-state index is 13.5. The van der Waals surface area contributed by atoms with Crippen LogP contribution in [0.5, 0.6) is 0 Å². The molecule has 8 aromatic heterocycles. The molecule has 0 fully saturated rings. The minimum atomic E-state index is -0.525. The first-order valence-electron chi connectivity index (χ1n) is 28.1. The molecular weight excluding hydrogens is 1150 g/mol. The van der Waals surface area contributed by atoms with Crippen molar-refractivity contribution in [3.63, 3.8) is 0 Å². The van der Waals surface area contributed by atoms with Crippen LogP contribution in [-0.2, 0) is 66.0 Å². The Morgan fingerprint density at radius 2 is 0.652 bits per heavy atom. The average molecular weight is 1220 g/mol. The third-order valence-corrected chi connectivity index (χ3v) is 14.1. The van der Waals surface area contributed by atoms with Gasteiger partial charge in [-0.15, -0.1) is 0 Å². The molecule has 0 unspecified atom stereocenters. The number of aromatic nitrogens is 9. The van der Waals surface area contributed by atoms with E-state index in [0.29, 0.717) is 46.4 Å². The highest BCUT2D eigenvalue weighted by Crippen LogP contribution is 2.24. The zero-order chi connectivity index (χ0) is 64.4. The molecule has 468 valence electrons. The number of carbonyl (C=O) groups excluding carboxylic acids is 10. The van der Waals surface area contributed by atoms with Gasteiger partial charge in [0, 0.05) is 145 Å². The summed E-state index contributed by atoms with van der Waals surface area (Å²) in [5.41, 5.74) is 3.98. The van der Waals surface area contributed by atoms with E-state index in [2.05, 4.69) is 58.2 Å². The summed E-state index contributed by atoms with van der Waals surface area (Å²) in [6, 6.07) is 10.5. The molecule has 0 saturated heterocycles. The highest BCUT2D eigenvalue weighted by molar-refractivity contribution is 6.10. The topological polar surface area (TPSA) is 347 Å². The van der Waals surface area contributed by atoms with Crippen LogP contribution < -0.4 is 53.2 Å². The number of imidazole rings is 1. The number of amides is 10. The second-order valence-corrected chi connectivity index (χ2v) is 21.6. The standard InChI is InChI=1S/C59H72N20O10/c1-71(2)19-12-16-60-49(80)14-17-63-53(83)43-23-37(30-74(43)5)66-56(86)46-25-39(32-76(46)7)68-57(87)47-24-38(31-78(47)9)67-54(84)44-21-35(28-75(44)6)64-50(81)13-11-15-62-52(82)42-22-36(29-73(42)4)65-55(85)45-26-40(33-77(45)8)69-58(88)48-27-41(34-79(48)10)70-59(89)51-61-18-20-72(51)3/h18,20-34H,11-17,19H2,1-10H3,(H,60,80)(H,62,82)(H,63,83)(H,64,81)(H,65,85)(H,66,86)(H,67,84)(H,68,87)(H,69,88)(H,70,89). The van der Waals surface area contributed by atoms with Crippen molar-refractivity contribution in [1.29, 1.82) is 0 Å². The van der Waals surface area contributed by atoms with E-state index in [0.717, 1.165) is 13.0 Å². The van der Waals surface area contributed by atoms with Crippen molar-refractivity contribution >= 4 is 98.9 Å². The normalized spacial score (nSPS) is 11.0. The summed E-state index contributed by atoms with van der Waals surface area (Å²) < 4.78 is 12.4. The highest BCUT2D eigenvalue weighted by Gasteiger charge is 2.23. The first-order valence-corrected chi connectivity index (χ1v) is 28.1. The number of aryl methyl sites for hydroxylation is 8. The molecule has 0 aliphatic rings. The third kappa shape index (κ3) is 16.2. The number of rotatable bonds is 26. The van der Waals surface area contributed by atoms with E-state index in [4.69, 9.17) is 0 Å². The van der Waals surface area contributed by atoms with Crippen LogP contribution in [0.1, 0.15) is 110 Å². The fraction of sp³-hybridized carbons (Fsp3) is 0.305. The lowest BCUT2D eigenvalue weighted by molar-refractivity contribution is -0.121. The van der Waals surface area contributed by atoms with Gasteiger partial charge in [0.05, 0.1) is 39.8 Å². The van der Waals surface area contributed by atoms with Gasteiger partial charge < -0.3 is 94.6 Å². The monoisotopic (exact) mass is 1220 g/mol. The van der Waals surface area contributed by atoms with Gasteiger partial charge in [-0.25, -0.2) is 4.98 Å². The molecule has 89 heavy (non-hydrogen) atoms. The average Bonchev–Trinajstić information content (AvgIpc) is 2.77. The van der Waals surface area contributed by atoms with Gasteiger partial charge in [-0.3, -0.25) is 47.9 Å². The van der Waals surface area contributed by atoms with E-state index in [1.54, 1.807) is 124 Å². The zero-order valence-corrected chi connectivity index (χ0v) is 50.9. The number of nitrogens with one attached hydrogen (secondary N) is 10. The molecule has 8 rings (SSSR count). The number of carbonyl (C=O) groups is 10. The van der Waals surface area contributed by atoms with Gasteiger partial charge in [0.1, 0.15) is 39.9 Å². The van der Waals surface area contributed by atoms with Crippen molar-refractivity contribution in [2.24, 2.45) is 56.4 Å². The molecule has 0 aromatic carbocycles. The number of anilines is 7. The Balaban J connectivity index is 0.747. The molecule has 0 saturated carbocycles. The van der Waals surface area contributed by atoms with Crippen LogP contribution in [0, 0.1) is 0 Å². The second kappa shape index (κ2) is 27.9. The molecule has 0 spiro atoms. The predicted octanol–water partition coefficient (Wildman–Crippen LogP) is 3.64. The van der Waals surface area contributed by atoms with Crippen LogP contribution in [0.15, 0.2) is 98.2 Å². The molecular formula is C59H72N20O10. The molecule has 30 nitrogen and oxygen atoms in total. The number of hydrogen-bond donors (Lipinski definition) is 10. The Labute approximate surface area is 510 Å². The molecule has 0 radical (unpaired) electrons. The van der Waals surface area contributed by atoms with Crippen molar-refractivity contribution in [2.75, 3.05) is 77.5 Å². The maximum Gasteiger partial charge on any atom is 0.291 e. The third-order valence-electron chi connectivity index (χ3n) is 14.1. The smallest absolute Gasteiger partial charge is 0.291 e. The zero-order valence-electron chi connectivity index (χ0n) is 50.9. The highest BCUT2D eigenvalue weighted by atomic mass is 16.2. The van der Waals surface area contributed by atoms with Crippen molar-refractivity contribution in [3.8, 4) is 0 Å². The summed E-state index contributed by atoms with van der Waals surface area (Å²) >= 11 is 0. The Hall–Kier alpha value is -11.2. The summed E-state index contributed by atoms with van der Waals surface area (Å²) in [6.07, 6.45) is 15.4. The Morgan fingerprint density at radius 3 is 0.978 bits per heavy atom. The predicted molar refractivity (Wildman–Crippen MR) is 332 cm³/mol.